The van der Waals surface area contributed by atoms with Crippen LogP contribution in [0.2, 0.25) is 0 Å². The van der Waals surface area contributed by atoms with E-state index in [1.54, 1.807) is 4.90 Å². The standard InChI is InChI=1S/C21H21N3O2.C2H4O2/c25-19(23-12-9-15-5-1-3-7-17(15)23)13-24-18-8-4-2-6-16(18)21(20(24)26)10-11-22-14-21;1-2(3)4/h1-8,22H,9-14H2;1H3,(H,3,4). The molecule has 0 bridgehead atoms. The summed E-state index contributed by atoms with van der Waals surface area (Å²) < 4.78 is 0. The smallest absolute Gasteiger partial charge is 0.300 e. The molecule has 7 heteroatoms. The highest BCUT2D eigenvalue weighted by molar-refractivity contribution is 6.12. The number of hydrogen-bond acceptors (Lipinski definition) is 4. The SMILES string of the molecule is CC(=O)O.O=C(CN1C(=O)C2(CCNC2)c2ccccc21)N1CCc2ccccc21. The molecule has 2 N–H and O–H groups in total. The van der Waals surface area contributed by atoms with E-state index in [9.17, 15) is 9.59 Å². The van der Waals surface area contributed by atoms with Gasteiger partial charge in [-0.2, -0.15) is 0 Å². The van der Waals surface area contributed by atoms with E-state index in [1.165, 1.54) is 5.56 Å². The first-order valence-corrected chi connectivity index (χ1v) is 10.1. The monoisotopic (exact) mass is 407 g/mol. The van der Waals surface area contributed by atoms with E-state index < -0.39 is 11.4 Å². The van der Waals surface area contributed by atoms with Gasteiger partial charge in [-0.1, -0.05) is 36.4 Å². The molecule has 0 aliphatic carbocycles. The lowest BCUT2D eigenvalue weighted by molar-refractivity contribution is -0.134. The van der Waals surface area contributed by atoms with E-state index in [1.807, 2.05) is 47.4 Å². The van der Waals surface area contributed by atoms with Gasteiger partial charge in [-0.3, -0.25) is 14.4 Å². The fourth-order valence-corrected chi connectivity index (χ4v) is 4.68. The van der Waals surface area contributed by atoms with Crippen molar-refractivity contribution in [3.05, 3.63) is 59.7 Å². The molecule has 30 heavy (non-hydrogen) atoms. The molecule has 3 aliphatic rings. The summed E-state index contributed by atoms with van der Waals surface area (Å²) >= 11 is 0. The molecule has 1 saturated heterocycles. The lowest BCUT2D eigenvalue weighted by Gasteiger charge is -2.25. The third-order valence-corrected chi connectivity index (χ3v) is 6.00. The van der Waals surface area contributed by atoms with Crippen LogP contribution in [0, 0.1) is 0 Å². The zero-order valence-electron chi connectivity index (χ0n) is 16.9. The quantitative estimate of drug-likeness (QED) is 0.794. The van der Waals surface area contributed by atoms with Crippen molar-refractivity contribution >= 4 is 29.2 Å². The molecule has 7 nitrogen and oxygen atoms in total. The molecule has 2 aromatic rings. The first-order valence-electron chi connectivity index (χ1n) is 10.1. The lowest BCUT2D eigenvalue weighted by atomic mass is 9.81. The summed E-state index contributed by atoms with van der Waals surface area (Å²) in [5, 5.41) is 10.7. The van der Waals surface area contributed by atoms with Crippen LogP contribution < -0.4 is 15.1 Å². The molecule has 0 radical (unpaired) electrons. The molecule has 5 rings (SSSR count). The van der Waals surface area contributed by atoms with Crippen molar-refractivity contribution in [1.29, 1.82) is 0 Å². The second-order valence-corrected chi connectivity index (χ2v) is 7.86. The number of carbonyl (C=O) groups excluding carboxylic acids is 2. The number of anilines is 2. The Morgan fingerprint density at radius 2 is 1.77 bits per heavy atom. The second kappa shape index (κ2) is 7.91. The number of rotatable bonds is 2. The third kappa shape index (κ3) is 3.35. The Kier molecular flexibility index (Phi) is 5.30. The lowest BCUT2D eigenvalue weighted by Crippen LogP contribution is -2.46. The van der Waals surface area contributed by atoms with Gasteiger partial charge in [0.05, 0.1) is 5.41 Å². The van der Waals surface area contributed by atoms with E-state index in [-0.39, 0.29) is 18.4 Å². The molecule has 0 aromatic heterocycles. The maximum atomic E-state index is 13.3. The largest absolute Gasteiger partial charge is 0.481 e. The number of fused-ring (bicyclic) bond motifs is 3. The van der Waals surface area contributed by atoms with Crippen molar-refractivity contribution in [1.82, 2.24) is 5.32 Å². The molecular formula is C23H25N3O4. The average Bonchev–Trinajstić information content (AvgIpc) is 3.43. The zero-order chi connectivity index (χ0) is 21.3. The number of amides is 2. The molecule has 3 aliphatic heterocycles. The van der Waals surface area contributed by atoms with Crippen molar-refractivity contribution in [2.45, 2.75) is 25.2 Å². The van der Waals surface area contributed by atoms with E-state index in [2.05, 4.69) is 11.4 Å². The minimum absolute atomic E-state index is 0.0129. The van der Waals surface area contributed by atoms with E-state index in [4.69, 9.17) is 9.90 Å². The van der Waals surface area contributed by atoms with Gasteiger partial charge in [0.2, 0.25) is 11.8 Å². The second-order valence-electron chi connectivity index (χ2n) is 7.86. The van der Waals surface area contributed by atoms with Crippen LogP contribution in [0.25, 0.3) is 0 Å². The molecule has 2 aromatic carbocycles. The number of para-hydroxylation sites is 2. The van der Waals surface area contributed by atoms with Gasteiger partial charge in [0.25, 0.3) is 5.97 Å². The highest BCUT2D eigenvalue weighted by Gasteiger charge is 2.52. The first kappa shape index (κ1) is 20.1. The van der Waals surface area contributed by atoms with Gasteiger partial charge in [0.15, 0.2) is 0 Å². The van der Waals surface area contributed by atoms with Gasteiger partial charge >= 0.3 is 0 Å². The summed E-state index contributed by atoms with van der Waals surface area (Å²) in [5.41, 5.74) is 3.63. The number of aliphatic carboxylic acids is 1. The van der Waals surface area contributed by atoms with Crippen molar-refractivity contribution in [3.8, 4) is 0 Å². The van der Waals surface area contributed by atoms with Crippen LogP contribution in [0.1, 0.15) is 24.5 Å². The number of nitrogens with one attached hydrogen (secondary N) is 1. The molecule has 3 heterocycles. The van der Waals surface area contributed by atoms with Gasteiger partial charge in [0, 0.05) is 31.4 Å². The van der Waals surface area contributed by atoms with Crippen LogP contribution in [0.4, 0.5) is 11.4 Å². The normalized spacial score (nSPS) is 21.3. The highest BCUT2D eigenvalue weighted by Crippen LogP contribution is 2.45. The number of benzene rings is 2. The highest BCUT2D eigenvalue weighted by atomic mass is 16.4. The Morgan fingerprint density at radius 1 is 1.10 bits per heavy atom. The van der Waals surface area contributed by atoms with Gasteiger partial charge in [-0.15, -0.1) is 0 Å². The summed E-state index contributed by atoms with van der Waals surface area (Å²) in [6, 6.07) is 15.9. The van der Waals surface area contributed by atoms with Crippen molar-refractivity contribution in [2.24, 2.45) is 0 Å². The zero-order valence-corrected chi connectivity index (χ0v) is 16.9. The molecule has 1 atom stereocenters. The minimum atomic E-state index is -0.833. The van der Waals surface area contributed by atoms with E-state index in [0.29, 0.717) is 13.1 Å². The first-order chi connectivity index (χ1) is 14.4. The maximum absolute atomic E-state index is 13.3. The fraction of sp³-hybridized carbons (Fsp3) is 0.348. The van der Waals surface area contributed by atoms with Crippen LogP contribution in [0.15, 0.2) is 48.5 Å². The van der Waals surface area contributed by atoms with Crippen molar-refractivity contribution < 1.29 is 19.5 Å². The summed E-state index contributed by atoms with van der Waals surface area (Å²) in [5.74, 6) is -0.786. The summed E-state index contributed by atoms with van der Waals surface area (Å²) in [4.78, 5) is 38.9. The molecule has 1 spiro atoms. The Balaban J connectivity index is 0.000000503. The molecule has 156 valence electrons. The van der Waals surface area contributed by atoms with Gasteiger partial charge < -0.3 is 20.2 Å². The Hall–Kier alpha value is -3.19. The van der Waals surface area contributed by atoms with Crippen molar-refractivity contribution in [3.63, 3.8) is 0 Å². The topological polar surface area (TPSA) is 90.0 Å². The summed E-state index contributed by atoms with van der Waals surface area (Å²) in [7, 11) is 0. The van der Waals surface area contributed by atoms with Crippen LogP contribution in [0.5, 0.6) is 0 Å². The number of carboxylic acids is 1. The van der Waals surface area contributed by atoms with Crippen LogP contribution in [-0.4, -0.2) is 49.1 Å². The molecule has 0 saturated carbocycles. The minimum Gasteiger partial charge on any atom is -0.481 e. The Morgan fingerprint density at radius 3 is 2.47 bits per heavy atom. The van der Waals surface area contributed by atoms with Crippen LogP contribution >= 0.6 is 0 Å². The van der Waals surface area contributed by atoms with Crippen LogP contribution in [-0.2, 0) is 26.2 Å². The molecular weight excluding hydrogens is 382 g/mol. The number of carbonyl (C=O) groups is 3. The molecule has 1 fully saturated rings. The molecule has 2 amide bonds. The Bertz CT molecular complexity index is 993. The van der Waals surface area contributed by atoms with E-state index >= 15 is 0 Å². The van der Waals surface area contributed by atoms with Crippen molar-refractivity contribution in [2.75, 3.05) is 36.0 Å². The summed E-state index contributed by atoms with van der Waals surface area (Å²) in [6.45, 7) is 3.36. The summed E-state index contributed by atoms with van der Waals surface area (Å²) in [6.07, 6.45) is 1.67. The number of hydrogen-bond donors (Lipinski definition) is 2. The predicted molar refractivity (Wildman–Crippen MR) is 114 cm³/mol. The number of carboxylic acid groups (broad SMARTS) is 1. The number of nitrogens with zero attached hydrogens (tertiary/aromatic N) is 2. The maximum Gasteiger partial charge on any atom is 0.300 e. The van der Waals surface area contributed by atoms with Crippen LogP contribution in [0.3, 0.4) is 0 Å². The Labute approximate surface area is 175 Å². The fourth-order valence-electron chi connectivity index (χ4n) is 4.68. The van der Waals surface area contributed by atoms with Gasteiger partial charge in [-0.25, -0.2) is 0 Å². The van der Waals surface area contributed by atoms with Gasteiger partial charge in [-0.05, 0) is 42.6 Å². The van der Waals surface area contributed by atoms with E-state index in [0.717, 1.165) is 43.2 Å². The predicted octanol–water partition coefficient (Wildman–Crippen LogP) is 1.94. The molecule has 1 unspecified atom stereocenters. The third-order valence-electron chi connectivity index (χ3n) is 6.00. The average molecular weight is 407 g/mol. The van der Waals surface area contributed by atoms with Gasteiger partial charge in [0.1, 0.15) is 6.54 Å².